The first-order valence-electron chi connectivity index (χ1n) is 38.0. The second kappa shape index (κ2) is 21.3. The van der Waals surface area contributed by atoms with Crippen LogP contribution in [0.4, 0.5) is 0 Å². The monoisotopic (exact) mass is 1460 g/mol. The summed E-state index contributed by atoms with van der Waals surface area (Å²) in [5.74, 6) is 6.22. The zero-order valence-electron chi connectivity index (χ0n) is 60.2. The Balaban J connectivity index is 0.595. The highest BCUT2D eigenvalue weighted by atomic mass is 32.1. The first kappa shape index (κ1) is 60.1. The van der Waals surface area contributed by atoms with E-state index in [0.717, 1.165) is 199 Å². The summed E-state index contributed by atoms with van der Waals surface area (Å²) in [6, 6.07) is 101. The lowest BCUT2D eigenvalue weighted by Gasteiger charge is -2.23. The van der Waals surface area contributed by atoms with E-state index in [2.05, 4.69) is 240 Å². The van der Waals surface area contributed by atoms with E-state index in [1.807, 2.05) is 84.1 Å². The molecular formula is C99H53N9O4S. The molecule has 0 fully saturated rings. The third-order valence-electron chi connectivity index (χ3n) is 24.4. The van der Waals surface area contributed by atoms with Gasteiger partial charge in [0.15, 0.2) is 0 Å². The Morgan fingerprint density at radius 3 is 1.40 bits per heavy atom. The maximum absolute atomic E-state index is 6.96. The van der Waals surface area contributed by atoms with Gasteiger partial charge in [-0.3, -0.25) is 13.7 Å². The SMILES string of the molecule is CC1(C)c2ccc(-c3cc4c5c(nc(-n6c7ccccc7c7c8sc9ccc(-c%10cc%11c%12c(nc(-n%13c%14ccccc%14c%14c%15oc%16ccccc%16c%15ccc%14%13)nc%12c%10)-c%10ccccc%10O%11)cc9c8ccc76)nc5c3)-c3ccccc3O4)cc2-c2ccc3c(c21)c1ccccc1n3-c1nc2c3c(cccc3n1)Oc1ccccc1-2. The van der Waals surface area contributed by atoms with Crippen LogP contribution >= 0.6 is 11.3 Å². The van der Waals surface area contributed by atoms with Crippen molar-refractivity contribution in [2.24, 2.45) is 0 Å². The van der Waals surface area contributed by atoms with Crippen molar-refractivity contribution in [3.05, 3.63) is 296 Å². The van der Waals surface area contributed by atoms with Crippen molar-refractivity contribution in [3.63, 3.8) is 0 Å². The molecule has 0 N–H and O–H groups in total. The summed E-state index contributed by atoms with van der Waals surface area (Å²) in [4.78, 5) is 33.1. The smallest absolute Gasteiger partial charge is 0.235 e. The molecule has 0 saturated heterocycles. The number of furan rings is 1. The summed E-state index contributed by atoms with van der Waals surface area (Å²) in [5, 5.41) is 13.8. The van der Waals surface area contributed by atoms with Crippen LogP contribution in [0, 0.1) is 0 Å². The van der Waals surface area contributed by atoms with E-state index in [4.69, 9.17) is 48.5 Å². The lowest BCUT2D eigenvalue weighted by molar-refractivity contribution is 0.486. The summed E-state index contributed by atoms with van der Waals surface area (Å²) < 4.78 is 36.1. The van der Waals surface area contributed by atoms with Gasteiger partial charge in [0.25, 0.3) is 0 Å². The molecule has 0 atom stereocenters. The lowest BCUT2D eigenvalue weighted by Crippen LogP contribution is -2.15. The molecule has 3 aliphatic heterocycles. The second-order valence-corrected chi connectivity index (χ2v) is 31.8. The van der Waals surface area contributed by atoms with Gasteiger partial charge in [-0.1, -0.05) is 159 Å². The fraction of sp³-hybridized carbons (Fsp3) is 0.0303. The molecule has 0 unspecified atom stereocenters. The predicted molar refractivity (Wildman–Crippen MR) is 454 cm³/mol. The average molecular weight is 1460 g/mol. The fourth-order valence-corrected chi connectivity index (χ4v) is 20.8. The molecule has 27 rings (SSSR count). The highest BCUT2D eigenvalue weighted by molar-refractivity contribution is 7.26. The molecule has 13 nitrogen and oxygen atoms in total. The minimum absolute atomic E-state index is 0.375. The molecular weight excluding hydrogens is 1410 g/mol. The zero-order chi connectivity index (χ0) is 73.5. The molecule has 8 aromatic heterocycles. The molecule has 23 aromatic rings. The Morgan fingerprint density at radius 2 is 0.770 bits per heavy atom. The Hall–Kier alpha value is -14.9. The van der Waals surface area contributed by atoms with Crippen molar-refractivity contribution in [1.82, 2.24) is 43.6 Å². The number of ether oxygens (including phenoxy) is 3. The molecule has 0 spiro atoms. The molecule has 524 valence electrons. The number of hydrogen-bond donors (Lipinski definition) is 0. The third-order valence-corrected chi connectivity index (χ3v) is 25.6. The van der Waals surface area contributed by atoms with Gasteiger partial charge in [-0.25, -0.2) is 29.9 Å². The molecule has 0 amide bonds. The number of rotatable bonds is 5. The maximum Gasteiger partial charge on any atom is 0.235 e. The van der Waals surface area contributed by atoms with E-state index in [1.165, 1.54) is 42.4 Å². The van der Waals surface area contributed by atoms with Crippen LogP contribution in [0.2, 0.25) is 0 Å². The number of para-hydroxylation sites is 7. The van der Waals surface area contributed by atoms with Gasteiger partial charge in [-0.05, 0) is 184 Å². The van der Waals surface area contributed by atoms with Crippen molar-refractivity contribution in [3.8, 4) is 119 Å². The predicted octanol–water partition coefficient (Wildman–Crippen LogP) is 26.0. The van der Waals surface area contributed by atoms with Gasteiger partial charge in [0.1, 0.15) is 45.7 Å². The van der Waals surface area contributed by atoms with Crippen LogP contribution in [0.5, 0.6) is 34.5 Å². The molecule has 0 radical (unpaired) electrons. The van der Waals surface area contributed by atoms with Crippen molar-refractivity contribution < 1.29 is 18.6 Å². The van der Waals surface area contributed by atoms with Crippen molar-refractivity contribution in [2.75, 3.05) is 0 Å². The molecule has 0 bridgehead atoms. The minimum atomic E-state index is -0.375. The molecule has 11 heterocycles. The lowest BCUT2D eigenvalue weighted by atomic mass is 9.80. The molecule has 113 heavy (non-hydrogen) atoms. The van der Waals surface area contributed by atoms with Gasteiger partial charge < -0.3 is 18.6 Å². The number of thiophene rings is 1. The number of aromatic nitrogens is 9. The summed E-state index contributed by atoms with van der Waals surface area (Å²) >= 11 is 1.82. The van der Waals surface area contributed by atoms with Crippen LogP contribution in [-0.4, -0.2) is 43.6 Å². The Morgan fingerprint density at radius 1 is 0.292 bits per heavy atom. The topological polar surface area (TPSA) is 133 Å². The normalized spacial score (nSPS) is 13.5. The summed E-state index contributed by atoms with van der Waals surface area (Å²) in [6.45, 7) is 4.73. The maximum atomic E-state index is 6.96. The Bertz CT molecular complexity index is 8430. The zero-order valence-corrected chi connectivity index (χ0v) is 61.0. The van der Waals surface area contributed by atoms with E-state index in [0.29, 0.717) is 29.3 Å². The van der Waals surface area contributed by atoms with Gasteiger partial charge in [-0.15, -0.1) is 11.3 Å². The third kappa shape index (κ3) is 7.92. The van der Waals surface area contributed by atoms with Crippen LogP contribution in [0.3, 0.4) is 0 Å². The Kier molecular flexibility index (Phi) is 11.3. The molecule has 1 aliphatic carbocycles. The summed E-state index contributed by atoms with van der Waals surface area (Å²) in [7, 11) is 0. The largest absolute Gasteiger partial charge is 0.456 e. The standard InChI is InChI=1S/C99H53N9O4S/c1-99(2)66-39-34-50(44-64(66)55-36-40-73-84(90(55)99)58-19-3-10-26-70(58)106(73)96-100-67-25-17-33-80-87(67)91(103-96)61-22-7-14-30-77(61)109-80)52-46-68-88-81(48-52)110-79-32-16-9-24-63(79)93(88)105-98(102-68)108-72-28-12-5-21-60(72)86-75(108)42-38-57-65-45-51(35-43-83(65)113-95(57)86)53-47-69-89-82(49-53)111-78-31-15-8-23-62(78)92(89)104-97(101-69)107-71-27-11-4-20-59(71)85-74(107)41-37-56-54-18-6-13-29-76(54)112-94(56)85/h3-49H,1-2H3. The fourth-order valence-electron chi connectivity index (χ4n) is 19.6. The van der Waals surface area contributed by atoms with E-state index in [1.54, 1.807) is 0 Å². The van der Waals surface area contributed by atoms with Gasteiger partial charge in [-0.2, -0.15) is 0 Å². The van der Waals surface area contributed by atoms with Crippen LogP contribution in [0.1, 0.15) is 25.0 Å². The van der Waals surface area contributed by atoms with Crippen molar-refractivity contribution in [1.29, 1.82) is 0 Å². The summed E-state index contributed by atoms with van der Waals surface area (Å²) in [6.07, 6.45) is 0. The minimum Gasteiger partial charge on any atom is -0.456 e. The number of fused-ring (bicyclic) bond motifs is 27. The van der Waals surface area contributed by atoms with E-state index >= 15 is 0 Å². The highest BCUT2D eigenvalue weighted by Crippen LogP contribution is 2.57. The van der Waals surface area contributed by atoms with Crippen molar-refractivity contribution >= 4 is 152 Å². The number of nitrogens with zero attached hydrogens (tertiary/aromatic N) is 9. The second-order valence-electron chi connectivity index (χ2n) is 30.7. The Labute approximate surface area is 644 Å². The quantitative estimate of drug-likeness (QED) is 0.164. The molecule has 15 aromatic carbocycles. The van der Waals surface area contributed by atoms with Crippen molar-refractivity contribution in [2.45, 2.75) is 19.3 Å². The molecule has 0 saturated carbocycles. The first-order chi connectivity index (χ1) is 55.7. The number of hydrogen-bond acceptors (Lipinski definition) is 11. The van der Waals surface area contributed by atoms with Crippen LogP contribution in [-0.2, 0) is 5.41 Å². The highest BCUT2D eigenvalue weighted by Gasteiger charge is 2.40. The molecule has 14 heteroatoms. The molecule has 4 aliphatic rings. The van der Waals surface area contributed by atoms with E-state index < -0.39 is 0 Å². The van der Waals surface area contributed by atoms with Gasteiger partial charge in [0.2, 0.25) is 17.8 Å². The first-order valence-corrected chi connectivity index (χ1v) is 38.9. The van der Waals surface area contributed by atoms with E-state index in [-0.39, 0.29) is 5.41 Å². The number of benzene rings is 15. The van der Waals surface area contributed by atoms with Gasteiger partial charge in [0.05, 0.1) is 88.3 Å². The van der Waals surface area contributed by atoms with Crippen LogP contribution < -0.4 is 14.2 Å². The van der Waals surface area contributed by atoms with Crippen LogP contribution in [0.15, 0.2) is 290 Å². The van der Waals surface area contributed by atoms with Crippen LogP contribution in [0.25, 0.3) is 225 Å². The summed E-state index contributed by atoms with van der Waals surface area (Å²) in [5.41, 5.74) is 24.1. The van der Waals surface area contributed by atoms with E-state index in [9.17, 15) is 0 Å². The average Bonchev–Trinajstić information content (AvgIpc) is 1.47. The van der Waals surface area contributed by atoms with Gasteiger partial charge >= 0.3 is 0 Å². The van der Waals surface area contributed by atoms with Gasteiger partial charge in [0, 0.05) is 80.0 Å².